The van der Waals surface area contributed by atoms with Crippen molar-refractivity contribution in [1.82, 2.24) is 0 Å². The topological polar surface area (TPSA) is 32.6 Å². The van der Waals surface area contributed by atoms with E-state index in [4.69, 9.17) is 0 Å². The minimum absolute atomic E-state index is 0.378. The van der Waals surface area contributed by atoms with Gasteiger partial charge in [-0.05, 0) is 0 Å². The summed E-state index contributed by atoms with van der Waals surface area (Å²) in [6.07, 6.45) is 5.46. The molecule has 0 saturated heterocycles. The van der Waals surface area contributed by atoms with Crippen molar-refractivity contribution < 1.29 is 5.11 Å². The molecule has 1 aliphatic heterocycles. The first kappa shape index (κ1) is 10.2. The normalized spacial score (nSPS) is 23.8. The summed E-state index contributed by atoms with van der Waals surface area (Å²) in [4.78, 5) is 4.25. The Morgan fingerprint density at radius 3 is 3.08 bits per heavy atom. The molecule has 0 aromatic heterocycles. The first-order valence-electron chi connectivity index (χ1n) is 4.70. The van der Waals surface area contributed by atoms with E-state index in [1.165, 1.54) is 29.2 Å². The first-order valence-corrected chi connectivity index (χ1v) is 6.77. The quantitative estimate of drug-likeness (QED) is 0.584. The van der Waals surface area contributed by atoms with Crippen LogP contribution < -0.4 is 0 Å². The number of aliphatic imine (C=N–C) groups is 1. The van der Waals surface area contributed by atoms with E-state index in [1.54, 1.807) is 0 Å². The van der Waals surface area contributed by atoms with E-state index in [1.807, 2.05) is 0 Å². The number of hydrogen-bond donors (Lipinski definition) is 1. The third-order valence-electron chi connectivity index (χ3n) is 1.93. The summed E-state index contributed by atoms with van der Waals surface area (Å²) >= 11 is 0.590. The third kappa shape index (κ3) is 3.70. The maximum atomic E-state index is 9.26. The van der Waals surface area contributed by atoms with Crippen molar-refractivity contribution in [3.63, 3.8) is 0 Å². The molecule has 1 unspecified atom stereocenters. The Balaban J connectivity index is 2.21. The zero-order chi connectivity index (χ0) is 8.81. The van der Waals surface area contributed by atoms with Gasteiger partial charge in [-0.1, -0.05) is 0 Å². The Hall–Kier alpha value is 0.149. The van der Waals surface area contributed by atoms with Crippen LogP contribution >= 0.6 is 0 Å². The Morgan fingerprint density at radius 2 is 2.42 bits per heavy atom. The van der Waals surface area contributed by atoms with E-state index in [2.05, 4.69) is 11.9 Å². The molecule has 0 amide bonds. The molecule has 0 aliphatic carbocycles. The molecule has 70 valence electrons. The van der Waals surface area contributed by atoms with E-state index in [0.29, 0.717) is 15.0 Å². The number of nitrogens with zero attached hydrogens (tertiary/aromatic N) is 1. The molecule has 1 aliphatic rings. The summed E-state index contributed by atoms with van der Waals surface area (Å²) < 4.78 is 1.30. The molecule has 1 atom stereocenters. The van der Waals surface area contributed by atoms with Crippen LogP contribution in [0, 0.1) is 0 Å². The molecule has 1 N–H and O–H groups in total. The summed E-state index contributed by atoms with van der Waals surface area (Å²) in [6, 6.07) is 0. The molecule has 0 fully saturated rings. The molecule has 12 heavy (non-hydrogen) atoms. The van der Waals surface area contributed by atoms with Crippen LogP contribution in [-0.2, 0) is 0 Å². The SMILES string of the molecule is CCCCCC1=NC(O)CC[Se]1. The Morgan fingerprint density at radius 1 is 1.58 bits per heavy atom. The van der Waals surface area contributed by atoms with Crippen molar-refractivity contribution >= 4 is 19.6 Å². The van der Waals surface area contributed by atoms with Gasteiger partial charge in [0.2, 0.25) is 0 Å². The second-order valence-corrected chi connectivity index (χ2v) is 5.55. The van der Waals surface area contributed by atoms with Gasteiger partial charge in [0.1, 0.15) is 0 Å². The predicted octanol–water partition coefficient (Wildman–Crippen LogP) is 1.81. The van der Waals surface area contributed by atoms with Crippen molar-refractivity contribution in [3.05, 3.63) is 0 Å². The van der Waals surface area contributed by atoms with Gasteiger partial charge in [-0.15, -0.1) is 0 Å². The van der Waals surface area contributed by atoms with Gasteiger partial charge < -0.3 is 0 Å². The van der Waals surface area contributed by atoms with Gasteiger partial charge in [-0.2, -0.15) is 0 Å². The van der Waals surface area contributed by atoms with Gasteiger partial charge in [-0.3, -0.25) is 0 Å². The van der Waals surface area contributed by atoms with Crippen LogP contribution in [0.4, 0.5) is 0 Å². The Bertz CT molecular complexity index is 159. The molecule has 2 nitrogen and oxygen atoms in total. The van der Waals surface area contributed by atoms with Crippen molar-refractivity contribution in [2.45, 2.75) is 50.6 Å². The van der Waals surface area contributed by atoms with Gasteiger partial charge in [0.15, 0.2) is 0 Å². The molecule has 0 spiro atoms. The van der Waals surface area contributed by atoms with Gasteiger partial charge in [0.25, 0.3) is 0 Å². The second kappa shape index (κ2) is 5.74. The molecule has 0 saturated carbocycles. The van der Waals surface area contributed by atoms with E-state index in [-0.39, 0.29) is 6.23 Å². The fourth-order valence-electron chi connectivity index (χ4n) is 1.21. The molecule has 0 aromatic carbocycles. The molecular formula is C9H17NOSe. The van der Waals surface area contributed by atoms with Gasteiger partial charge in [0, 0.05) is 0 Å². The molecule has 3 heteroatoms. The number of rotatable bonds is 4. The molecule has 0 aromatic rings. The summed E-state index contributed by atoms with van der Waals surface area (Å²) in [5.41, 5.74) is 0. The average Bonchev–Trinajstić information content (AvgIpc) is 2.05. The number of unbranched alkanes of at least 4 members (excludes halogenated alkanes) is 2. The molecule has 0 bridgehead atoms. The standard InChI is InChI=1S/C9H17NOSe/c1-2-3-4-5-9-10-8(11)6-7-12-9/h8,11H,2-7H2,1H3. The monoisotopic (exact) mass is 235 g/mol. The molecule has 1 heterocycles. The summed E-state index contributed by atoms with van der Waals surface area (Å²) in [5.74, 6) is 0. The van der Waals surface area contributed by atoms with Crippen molar-refractivity contribution in [2.75, 3.05) is 0 Å². The number of hydrogen-bond acceptors (Lipinski definition) is 2. The first-order chi connectivity index (χ1) is 5.83. The van der Waals surface area contributed by atoms with Crippen LogP contribution in [0.25, 0.3) is 0 Å². The van der Waals surface area contributed by atoms with Crippen molar-refractivity contribution in [3.8, 4) is 0 Å². The minimum atomic E-state index is -0.378. The number of aliphatic hydroxyl groups is 1. The van der Waals surface area contributed by atoms with Crippen LogP contribution in [0.2, 0.25) is 5.32 Å². The summed E-state index contributed by atoms with van der Waals surface area (Å²) in [6.45, 7) is 2.21. The van der Waals surface area contributed by atoms with Crippen LogP contribution in [0.15, 0.2) is 4.99 Å². The Labute approximate surface area is 80.6 Å². The second-order valence-electron chi connectivity index (χ2n) is 3.10. The van der Waals surface area contributed by atoms with Gasteiger partial charge in [-0.25, -0.2) is 0 Å². The van der Waals surface area contributed by atoms with Crippen molar-refractivity contribution in [2.24, 2.45) is 4.99 Å². The van der Waals surface area contributed by atoms with Crippen LogP contribution in [0.3, 0.4) is 0 Å². The molecular weight excluding hydrogens is 217 g/mol. The molecule has 1 rings (SSSR count). The van der Waals surface area contributed by atoms with Gasteiger partial charge in [0.05, 0.1) is 0 Å². The maximum absolute atomic E-state index is 9.26. The van der Waals surface area contributed by atoms with E-state index in [9.17, 15) is 5.11 Å². The zero-order valence-electron chi connectivity index (χ0n) is 7.62. The third-order valence-corrected chi connectivity index (χ3v) is 4.20. The fourth-order valence-corrected chi connectivity index (χ4v) is 3.41. The van der Waals surface area contributed by atoms with Crippen LogP contribution in [-0.4, -0.2) is 30.9 Å². The summed E-state index contributed by atoms with van der Waals surface area (Å²) in [7, 11) is 0. The molecule has 0 radical (unpaired) electrons. The van der Waals surface area contributed by atoms with Crippen LogP contribution in [0.1, 0.15) is 39.0 Å². The van der Waals surface area contributed by atoms with E-state index in [0.717, 1.165) is 12.8 Å². The summed E-state index contributed by atoms with van der Waals surface area (Å²) in [5, 5.41) is 10.4. The van der Waals surface area contributed by atoms with Gasteiger partial charge >= 0.3 is 80.2 Å². The van der Waals surface area contributed by atoms with E-state index < -0.39 is 0 Å². The zero-order valence-corrected chi connectivity index (χ0v) is 9.34. The van der Waals surface area contributed by atoms with Crippen LogP contribution in [0.5, 0.6) is 0 Å². The van der Waals surface area contributed by atoms with E-state index >= 15 is 0 Å². The fraction of sp³-hybridized carbons (Fsp3) is 0.889. The number of aliphatic hydroxyl groups excluding tert-OH is 1. The average molecular weight is 234 g/mol. The predicted molar refractivity (Wildman–Crippen MR) is 52.8 cm³/mol. The Kier molecular flexibility index (Phi) is 4.89. The van der Waals surface area contributed by atoms with Crippen molar-refractivity contribution in [1.29, 1.82) is 0 Å².